The van der Waals surface area contributed by atoms with E-state index in [1.807, 2.05) is 24.4 Å². The van der Waals surface area contributed by atoms with Crippen LogP contribution in [0.5, 0.6) is 0 Å². The number of hydrazine groups is 1. The maximum atomic E-state index is 13.5. The first-order valence-corrected chi connectivity index (χ1v) is 6.89. The number of hydrogen-bond acceptors (Lipinski definition) is 3. The van der Waals surface area contributed by atoms with E-state index in [1.165, 1.54) is 6.07 Å². The van der Waals surface area contributed by atoms with E-state index in [0.29, 0.717) is 6.42 Å². The second-order valence-electron chi connectivity index (χ2n) is 4.80. The Morgan fingerprint density at radius 3 is 2.95 bits per heavy atom. The molecule has 0 amide bonds. The highest BCUT2D eigenvalue weighted by molar-refractivity contribution is 6.30. The molecule has 2 heterocycles. The van der Waals surface area contributed by atoms with Gasteiger partial charge in [0.25, 0.3) is 0 Å². The first-order chi connectivity index (χ1) is 10.2. The lowest BCUT2D eigenvalue weighted by Gasteiger charge is -2.15. The van der Waals surface area contributed by atoms with Crippen LogP contribution in [0.2, 0.25) is 5.02 Å². The molecule has 0 bridgehead atoms. The van der Waals surface area contributed by atoms with Crippen LogP contribution >= 0.6 is 11.6 Å². The minimum absolute atomic E-state index is 0.118. The van der Waals surface area contributed by atoms with E-state index >= 15 is 0 Å². The number of pyridine rings is 1. The summed E-state index contributed by atoms with van der Waals surface area (Å²) in [4.78, 5) is 0. The van der Waals surface area contributed by atoms with Crippen molar-refractivity contribution in [1.29, 1.82) is 0 Å². The van der Waals surface area contributed by atoms with Gasteiger partial charge in [-0.3, -0.25) is 11.3 Å². The third-order valence-corrected chi connectivity index (χ3v) is 3.76. The molecule has 6 heteroatoms. The van der Waals surface area contributed by atoms with Crippen LogP contribution in [0.1, 0.15) is 17.2 Å². The minimum atomic E-state index is -0.426. The molecule has 0 radical (unpaired) electrons. The topological polar surface area (TPSA) is 55.3 Å². The van der Waals surface area contributed by atoms with Gasteiger partial charge in [0.05, 0.1) is 22.8 Å². The van der Waals surface area contributed by atoms with Crippen molar-refractivity contribution in [2.75, 3.05) is 0 Å². The van der Waals surface area contributed by atoms with Crippen LogP contribution in [0.15, 0.2) is 48.8 Å². The zero-order valence-electron chi connectivity index (χ0n) is 11.1. The Hall–Kier alpha value is -1.95. The summed E-state index contributed by atoms with van der Waals surface area (Å²) in [5.74, 6) is 5.24. The molecule has 0 aliphatic carbocycles. The highest BCUT2D eigenvalue weighted by Crippen LogP contribution is 2.24. The summed E-state index contributed by atoms with van der Waals surface area (Å²) in [5, 5.41) is 4.40. The van der Waals surface area contributed by atoms with E-state index in [9.17, 15) is 4.39 Å². The van der Waals surface area contributed by atoms with Crippen molar-refractivity contribution in [2.45, 2.75) is 12.5 Å². The van der Waals surface area contributed by atoms with Crippen molar-refractivity contribution in [3.8, 4) is 0 Å². The first-order valence-electron chi connectivity index (χ1n) is 6.51. The first kappa shape index (κ1) is 14.0. The molecule has 3 aromatic rings. The van der Waals surface area contributed by atoms with Gasteiger partial charge in [-0.25, -0.2) is 8.91 Å². The predicted octanol–water partition coefficient (Wildman–Crippen LogP) is 2.87. The van der Waals surface area contributed by atoms with Gasteiger partial charge >= 0.3 is 0 Å². The molecule has 3 rings (SSSR count). The molecule has 108 valence electrons. The molecule has 2 aromatic heterocycles. The van der Waals surface area contributed by atoms with Crippen molar-refractivity contribution in [2.24, 2.45) is 5.84 Å². The Labute approximate surface area is 126 Å². The van der Waals surface area contributed by atoms with Crippen LogP contribution in [-0.2, 0) is 6.42 Å². The fourth-order valence-corrected chi connectivity index (χ4v) is 2.50. The van der Waals surface area contributed by atoms with Gasteiger partial charge in [-0.1, -0.05) is 23.7 Å². The molecule has 4 nitrogen and oxygen atoms in total. The van der Waals surface area contributed by atoms with Gasteiger partial charge in [-0.2, -0.15) is 5.10 Å². The molecule has 1 aromatic carbocycles. The fourth-order valence-electron chi connectivity index (χ4n) is 2.38. The molecular formula is C15H14ClFN4. The van der Waals surface area contributed by atoms with Gasteiger partial charge in [0, 0.05) is 11.8 Å². The quantitative estimate of drug-likeness (QED) is 0.575. The zero-order chi connectivity index (χ0) is 14.8. The number of hydrogen-bond donors (Lipinski definition) is 2. The van der Waals surface area contributed by atoms with E-state index in [4.69, 9.17) is 17.4 Å². The summed E-state index contributed by atoms with van der Waals surface area (Å²) in [6.07, 6.45) is 4.18. The number of rotatable bonds is 4. The summed E-state index contributed by atoms with van der Waals surface area (Å²) in [6, 6.07) is 10.4. The number of nitrogens with one attached hydrogen (secondary N) is 1. The Kier molecular flexibility index (Phi) is 3.88. The number of fused-ring (bicyclic) bond motifs is 1. The van der Waals surface area contributed by atoms with Gasteiger partial charge in [0.2, 0.25) is 0 Å². The van der Waals surface area contributed by atoms with Gasteiger partial charge in [-0.05, 0) is 36.2 Å². The molecule has 0 aliphatic heterocycles. The molecule has 3 N–H and O–H groups in total. The van der Waals surface area contributed by atoms with E-state index in [2.05, 4.69) is 10.5 Å². The highest BCUT2D eigenvalue weighted by atomic mass is 35.5. The molecular weight excluding hydrogens is 291 g/mol. The predicted molar refractivity (Wildman–Crippen MR) is 80.4 cm³/mol. The number of aromatic nitrogens is 2. The maximum Gasteiger partial charge on any atom is 0.142 e. The highest BCUT2D eigenvalue weighted by Gasteiger charge is 2.16. The van der Waals surface area contributed by atoms with Crippen LogP contribution in [-0.4, -0.2) is 9.61 Å². The molecule has 1 atom stereocenters. The SMILES string of the molecule is NNC(Cc1ccc(Cl)c(F)c1)c1cnn2ccccc12. The lowest BCUT2D eigenvalue weighted by molar-refractivity contribution is 0.552. The van der Waals surface area contributed by atoms with Crippen molar-refractivity contribution in [3.63, 3.8) is 0 Å². The molecule has 21 heavy (non-hydrogen) atoms. The fraction of sp³-hybridized carbons (Fsp3) is 0.133. The number of nitrogens with two attached hydrogens (primary N) is 1. The lowest BCUT2D eigenvalue weighted by Crippen LogP contribution is -2.29. The Morgan fingerprint density at radius 2 is 2.19 bits per heavy atom. The van der Waals surface area contributed by atoms with E-state index in [1.54, 1.807) is 22.8 Å². The summed E-state index contributed by atoms with van der Waals surface area (Å²) >= 11 is 5.70. The standard InChI is InChI=1S/C15H14ClFN4/c16-12-5-4-10(7-13(12)17)8-14(20-18)11-9-19-21-6-2-1-3-15(11)21/h1-7,9,14,20H,8,18H2. The lowest BCUT2D eigenvalue weighted by atomic mass is 10.0. The average molecular weight is 305 g/mol. The Morgan fingerprint density at radius 1 is 1.33 bits per heavy atom. The van der Waals surface area contributed by atoms with Crippen molar-refractivity contribution in [1.82, 2.24) is 15.0 Å². The Bertz CT molecular complexity index is 771. The average Bonchev–Trinajstić information content (AvgIpc) is 2.92. The number of benzene rings is 1. The third-order valence-electron chi connectivity index (χ3n) is 3.46. The van der Waals surface area contributed by atoms with Gasteiger partial charge in [0.1, 0.15) is 5.82 Å². The summed E-state index contributed by atoms with van der Waals surface area (Å²) in [6.45, 7) is 0. The number of nitrogens with zero attached hydrogens (tertiary/aromatic N) is 2. The van der Waals surface area contributed by atoms with Crippen LogP contribution < -0.4 is 11.3 Å². The molecule has 0 aliphatic rings. The van der Waals surface area contributed by atoms with Crippen LogP contribution in [0.3, 0.4) is 0 Å². The molecule has 0 fully saturated rings. The molecule has 0 saturated heterocycles. The monoisotopic (exact) mass is 304 g/mol. The largest absolute Gasteiger partial charge is 0.271 e. The zero-order valence-corrected chi connectivity index (χ0v) is 11.9. The van der Waals surface area contributed by atoms with E-state index in [-0.39, 0.29) is 11.1 Å². The Balaban J connectivity index is 1.93. The maximum absolute atomic E-state index is 13.5. The minimum Gasteiger partial charge on any atom is -0.271 e. The van der Waals surface area contributed by atoms with Gasteiger partial charge in [-0.15, -0.1) is 0 Å². The van der Waals surface area contributed by atoms with Crippen LogP contribution in [0, 0.1) is 5.82 Å². The summed E-state index contributed by atoms with van der Waals surface area (Å²) in [5.41, 5.74) is 5.52. The van der Waals surface area contributed by atoms with Gasteiger partial charge in [0.15, 0.2) is 0 Å². The number of halogens is 2. The van der Waals surface area contributed by atoms with Crippen molar-refractivity contribution in [3.05, 3.63) is 70.8 Å². The van der Waals surface area contributed by atoms with E-state index < -0.39 is 5.82 Å². The van der Waals surface area contributed by atoms with E-state index in [0.717, 1.165) is 16.6 Å². The molecule has 1 unspecified atom stereocenters. The van der Waals surface area contributed by atoms with Crippen molar-refractivity contribution < 1.29 is 4.39 Å². The third kappa shape index (κ3) is 2.76. The summed E-state index contributed by atoms with van der Waals surface area (Å²) in [7, 11) is 0. The smallest absolute Gasteiger partial charge is 0.142 e. The molecule has 0 saturated carbocycles. The van der Waals surface area contributed by atoms with Gasteiger partial charge < -0.3 is 0 Å². The van der Waals surface area contributed by atoms with Crippen molar-refractivity contribution >= 4 is 17.1 Å². The second kappa shape index (κ2) is 5.81. The molecule has 0 spiro atoms. The summed E-state index contributed by atoms with van der Waals surface area (Å²) < 4.78 is 15.3. The van der Waals surface area contributed by atoms with Crippen LogP contribution in [0.25, 0.3) is 5.52 Å². The normalized spacial score (nSPS) is 12.7. The second-order valence-corrected chi connectivity index (χ2v) is 5.21. The van der Waals surface area contributed by atoms with Crippen LogP contribution in [0.4, 0.5) is 4.39 Å².